The molecule has 0 bridgehead atoms. The topological polar surface area (TPSA) is 106 Å². The van der Waals surface area contributed by atoms with E-state index in [2.05, 4.69) is 43.5 Å². The van der Waals surface area contributed by atoms with Crippen LogP contribution in [0.4, 0.5) is 5.69 Å². The summed E-state index contributed by atoms with van der Waals surface area (Å²) in [6, 6.07) is 19.8. The first-order chi connectivity index (χ1) is 18.4. The third-order valence-corrected chi connectivity index (χ3v) is 6.92. The molecular weight excluding hydrogens is 552 g/mol. The Hall–Kier alpha value is -3.76. The molecule has 1 N–H and O–H groups in total. The van der Waals surface area contributed by atoms with Gasteiger partial charge in [0.05, 0.1) is 18.2 Å². The van der Waals surface area contributed by atoms with E-state index in [4.69, 9.17) is 9.47 Å². The first-order valence-corrected chi connectivity index (χ1v) is 13.0. The molecule has 9 nitrogen and oxygen atoms in total. The van der Waals surface area contributed by atoms with Crippen molar-refractivity contribution in [2.45, 2.75) is 26.0 Å². The van der Waals surface area contributed by atoms with Gasteiger partial charge >= 0.3 is 0 Å². The van der Waals surface area contributed by atoms with Crippen LogP contribution in [0.25, 0.3) is 0 Å². The Morgan fingerprint density at radius 3 is 2.42 bits per heavy atom. The molecule has 0 aromatic heterocycles. The zero-order valence-corrected chi connectivity index (χ0v) is 22.6. The number of likely N-dealkylation sites (tertiary alicyclic amines) is 1. The Kier molecular flexibility index (Phi) is 9.45. The second-order valence-electron chi connectivity index (χ2n) is 9.03. The molecule has 0 saturated carbocycles. The van der Waals surface area contributed by atoms with Crippen LogP contribution in [0.5, 0.6) is 11.5 Å². The summed E-state index contributed by atoms with van der Waals surface area (Å²) in [5.74, 6) is 0.903. The average molecular weight is 581 g/mol. The largest absolute Gasteiger partial charge is 0.493 e. The highest BCUT2D eigenvalue weighted by Crippen LogP contribution is 2.28. The highest BCUT2D eigenvalue weighted by Gasteiger charge is 2.24. The monoisotopic (exact) mass is 580 g/mol. The second kappa shape index (κ2) is 13.2. The summed E-state index contributed by atoms with van der Waals surface area (Å²) in [6.07, 6.45) is 3.15. The summed E-state index contributed by atoms with van der Waals surface area (Å²) >= 11 is 3.46. The van der Waals surface area contributed by atoms with E-state index in [1.165, 1.54) is 17.7 Å². The van der Waals surface area contributed by atoms with Crippen molar-refractivity contribution in [3.05, 3.63) is 98.0 Å². The van der Waals surface area contributed by atoms with Crippen LogP contribution < -0.4 is 14.9 Å². The number of hydrazone groups is 1. The molecule has 1 aliphatic heterocycles. The predicted octanol–water partition coefficient (Wildman–Crippen LogP) is 5.31. The van der Waals surface area contributed by atoms with Gasteiger partial charge in [0.2, 0.25) is 5.91 Å². The molecule has 3 aromatic carbocycles. The lowest BCUT2D eigenvalue weighted by atomic mass is 9.96. The van der Waals surface area contributed by atoms with Crippen molar-refractivity contribution in [3.8, 4) is 11.5 Å². The number of nitrogens with one attached hydrogen (secondary N) is 1. The van der Waals surface area contributed by atoms with Crippen LogP contribution in [-0.2, 0) is 17.9 Å². The molecule has 1 amide bonds. The van der Waals surface area contributed by atoms with Gasteiger partial charge in [-0.1, -0.05) is 28.1 Å². The number of carbonyl (C=O) groups is 1. The number of hydrogen-bond acceptors (Lipinski definition) is 7. The van der Waals surface area contributed by atoms with Crippen LogP contribution in [0.3, 0.4) is 0 Å². The highest BCUT2D eigenvalue weighted by atomic mass is 79.9. The first-order valence-electron chi connectivity index (χ1n) is 12.2. The zero-order valence-electron chi connectivity index (χ0n) is 21.0. The molecule has 0 unspecified atom stereocenters. The fourth-order valence-corrected chi connectivity index (χ4v) is 4.49. The van der Waals surface area contributed by atoms with E-state index in [0.717, 1.165) is 48.1 Å². The summed E-state index contributed by atoms with van der Waals surface area (Å²) in [5, 5.41) is 15.0. The number of ether oxygens (including phenoxy) is 2. The molecule has 38 heavy (non-hydrogen) atoms. The van der Waals surface area contributed by atoms with Crippen molar-refractivity contribution in [1.82, 2.24) is 10.3 Å². The number of carbonyl (C=O) groups excluding carboxylic acids is 1. The van der Waals surface area contributed by atoms with E-state index in [9.17, 15) is 14.9 Å². The minimum Gasteiger partial charge on any atom is -0.493 e. The molecule has 0 radical (unpaired) electrons. The summed E-state index contributed by atoms with van der Waals surface area (Å²) < 4.78 is 12.3. The van der Waals surface area contributed by atoms with E-state index in [-0.39, 0.29) is 24.1 Å². The molecule has 0 aliphatic carbocycles. The number of amides is 1. The number of halogens is 1. The van der Waals surface area contributed by atoms with Gasteiger partial charge < -0.3 is 9.47 Å². The van der Waals surface area contributed by atoms with Gasteiger partial charge in [-0.3, -0.25) is 19.8 Å². The van der Waals surface area contributed by atoms with Crippen LogP contribution >= 0.6 is 15.9 Å². The van der Waals surface area contributed by atoms with Crippen molar-refractivity contribution in [2.24, 2.45) is 11.0 Å². The quantitative estimate of drug-likeness (QED) is 0.198. The first kappa shape index (κ1) is 27.3. The summed E-state index contributed by atoms with van der Waals surface area (Å²) in [4.78, 5) is 25.4. The van der Waals surface area contributed by atoms with Gasteiger partial charge in [0.25, 0.3) is 5.69 Å². The fourth-order valence-electron chi connectivity index (χ4n) is 4.22. The smallest absolute Gasteiger partial charge is 0.269 e. The number of benzene rings is 3. The van der Waals surface area contributed by atoms with Gasteiger partial charge in [-0.2, -0.15) is 5.10 Å². The standard InChI is InChI=1S/C28H29BrN4O5/c1-37-26-11-6-22(16-27(26)38-19-21-4-9-25(10-5-21)33(35)36)17-30-31-28(34)23-12-14-32(15-13-23)18-20-2-7-24(29)8-3-20/h2-11,16-17,23H,12-15,18-19H2,1H3,(H,31,34). The van der Waals surface area contributed by atoms with Crippen LogP contribution in [0.2, 0.25) is 0 Å². The Morgan fingerprint density at radius 2 is 1.76 bits per heavy atom. The van der Waals surface area contributed by atoms with Gasteiger partial charge in [0.15, 0.2) is 11.5 Å². The number of nitro groups is 1. The normalized spacial score (nSPS) is 14.4. The number of hydrogen-bond donors (Lipinski definition) is 1. The van der Waals surface area contributed by atoms with Crippen molar-refractivity contribution < 1.29 is 19.2 Å². The fraction of sp³-hybridized carbons (Fsp3) is 0.286. The molecule has 1 fully saturated rings. The van der Waals surface area contributed by atoms with Crippen molar-refractivity contribution in [1.29, 1.82) is 0 Å². The highest BCUT2D eigenvalue weighted by molar-refractivity contribution is 9.10. The SMILES string of the molecule is COc1ccc(C=NNC(=O)C2CCN(Cc3ccc(Br)cc3)CC2)cc1OCc1ccc([N+](=O)[O-])cc1. The number of nitro benzene ring substituents is 1. The van der Waals surface area contributed by atoms with Crippen molar-refractivity contribution in [2.75, 3.05) is 20.2 Å². The van der Waals surface area contributed by atoms with Crippen LogP contribution in [-0.4, -0.2) is 42.1 Å². The number of piperidine rings is 1. The molecule has 0 atom stereocenters. The summed E-state index contributed by atoms with van der Waals surface area (Å²) in [5.41, 5.74) is 5.47. The third-order valence-electron chi connectivity index (χ3n) is 6.40. The Balaban J connectivity index is 1.27. The van der Waals surface area contributed by atoms with Gasteiger partial charge in [-0.15, -0.1) is 0 Å². The maximum Gasteiger partial charge on any atom is 0.269 e. The molecule has 10 heteroatoms. The third kappa shape index (κ3) is 7.62. The minimum atomic E-state index is -0.441. The molecule has 1 saturated heterocycles. The number of non-ortho nitro benzene ring substituents is 1. The molecule has 1 heterocycles. The van der Waals surface area contributed by atoms with E-state index < -0.39 is 4.92 Å². The summed E-state index contributed by atoms with van der Waals surface area (Å²) in [6.45, 7) is 2.83. The van der Waals surface area contributed by atoms with Gasteiger partial charge in [-0.25, -0.2) is 5.43 Å². The lowest BCUT2D eigenvalue weighted by Crippen LogP contribution is -2.39. The maximum atomic E-state index is 12.6. The van der Waals surface area contributed by atoms with Crippen molar-refractivity contribution >= 4 is 33.7 Å². The minimum absolute atomic E-state index is 0.0258. The van der Waals surface area contributed by atoms with E-state index in [0.29, 0.717) is 11.5 Å². The lowest BCUT2D eigenvalue weighted by molar-refractivity contribution is -0.384. The number of nitrogens with zero attached hydrogens (tertiary/aromatic N) is 3. The maximum absolute atomic E-state index is 12.6. The van der Waals surface area contributed by atoms with Gasteiger partial charge in [-0.05, 0) is 85.1 Å². The molecule has 198 valence electrons. The van der Waals surface area contributed by atoms with Crippen molar-refractivity contribution in [3.63, 3.8) is 0 Å². The van der Waals surface area contributed by atoms with Crippen LogP contribution in [0, 0.1) is 16.0 Å². The van der Waals surface area contributed by atoms with Crippen LogP contribution in [0.15, 0.2) is 76.3 Å². The Labute approximate surface area is 229 Å². The number of rotatable bonds is 10. The van der Waals surface area contributed by atoms with Gasteiger partial charge in [0, 0.05) is 29.1 Å². The summed E-state index contributed by atoms with van der Waals surface area (Å²) in [7, 11) is 1.55. The molecule has 3 aromatic rings. The van der Waals surface area contributed by atoms with E-state index in [1.807, 2.05) is 18.2 Å². The van der Waals surface area contributed by atoms with E-state index >= 15 is 0 Å². The van der Waals surface area contributed by atoms with E-state index in [1.54, 1.807) is 37.6 Å². The Bertz CT molecular complexity index is 1270. The number of methoxy groups -OCH3 is 1. The molecule has 1 aliphatic rings. The lowest BCUT2D eigenvalue weighted by Gasteiger charge is -2.30. The zero-order chi connectivity index (χ0) is 26.9. The van der Waals surface area contributed by atoms with Gasteiger partial charge in [0.1, 0.15) is 6.61 Å². The predicted molar refractivity (Wildman–Crippen MR) is 148 cm³/mol. The molecule has 4 rings (SSSR count). The molecular formula is C28H29BrN4O5. The second-order valence-corrected chi connectivity index (χ2v) is 9.95. The molecule has 0 spiro atoms. The average Bonchev–Trinajstić information content (AvgIpc) is 2.94. The van der Waals surface area contributed by atoms with Crippen LogP contribution in [0.1, 0.15) is 29.5 Å². The Morgan fingerprint density at radius 1 is 1.08 bits per heavy atom.